The van der Waals surface area contributed by atoms with E-state index in [0.717, 1.165) is 49.1 Å². The van der Waals surface area contributed by atoms with Crippen LogP contribution in [0.5, 0.6) is 0 Å². The number of thiol groups is 1. The van der Waals surface area contributed by atoms with Crippen LogP contribution < -0.4 is 56.7 Å². The van der Waals surface area contributed by atoms with Gasteiger partial charge >= 0.3 is 51.4 Å². The molecule has 5 nitrogen and oxygen atoms in total. The van der Waals surface area contributed by atoms with Gasteiger partial charge in [-0.15, -0.1) is 12.4 Å². The van der Waals surface area contributed by atoms with Crippen molar-refractivity contribution in [3.8, 4) is 5.40 Å². The van der Waals surface area contributed by atoms with Crippen molar-refractivity contribution < 1.29 is 79.5 Å². The second-order valence-electron chi connectivity index (χ2n) is 9.94. The van der Waals surface area contributed by atoms with Crippen molar-refractivity contribution >= 4 is 43.5 Å². The van der Waals surface area contributed by atoms with Crippen LogP contribution in [0.4, 0.5) is 22.0 Å². The van der Waals surface area contributed by atoms with Gasteiger partial charge in [-0.3, -0.25) is 4.39 Å². The number of halogens is 6. The molecular weight excluding hydrogens is 630 g/mol. The Kier molecular flexibility index (Phi) is 12.2. The van der Waals surface area contributed by atoms with Gasteiger partial charge in [-0.2, -0.15) is 5.26 Å². The standard InChI is InChI=1S/C13H10F2N2S.C12H11F2NO.CH3F.CHNS.ClH.K/c14-8-1-7(2-9(15)3-8)13-4-10(13)11-5-16-12(18)17(11)6-13;13-8-1-7(2-9(14)3-8)12-4-10(12)11(5-16)15-6-12;1-2;2-1-3;;/h1-3,5,10H,4,6H2,(H,16,18);1-3,5,10-11,15H,4,6H2;1H3;3H;1H;/q;;;;;+1/i;;1D;;;. The van der Waals surface area contributed by atoms with Crippen molar-refractivity contribution in [3.05, 3.63) is 87.5 Å². The van der Waals surface area contributed by atoms with E-state index in [1.807, 2.05) is 10.8 Å². The van der Waals surface area contributed by atoms with Gasteiger partial charge in [-0.25, -0.2) is 17.6 Å². The Bertz CT molecular complexity index is 1480. The molecule has 0 radical (unpaired) electrons. The molecule has 2 aromatic carbocycles. The summed E-state index contributed by atoms with van der Waals surface area (Å²) in [6, 6.07) is 7.27. The van der Waals surface area contributed by atoms with Crippen LogP contribution in [0, 0.1) is 44.6 Å². The number of hydrogen-bond acceptors (Lipinski definition) is 5. The number of aromatic amines is 1. The molecule has 3 fully saturated rings. The van der Waals surface area contributed by atoms with Gasteiger partial charge in [-0.05, 0) is 66.4 Å². The molecule has 4 aliphatic rings. The molecule has 7 rings (SSSR count). The van der Waals surface area contributed by atoms with Crippen LogP contribution in [0.1, 0.15) is 37.0 Å². The number of nitrogens with zero attached hydrogens (tertiary/aromatic N) is 2. The van der Waals surface area contributed by atoms with Gasteiger partial charge in [0.05, 0.1) is 14.6 Å². The minimum atomic E-state index is -1.00. The average Bonchev–Trinajstić information content (AvgIpc) is 3.67. The summed E-state index contributed by atoms with van der Waals surface area (Å²) < 4.78 is 71.1. The molecule has 2 aliphatic carbocycles. The quantitative estimate of drug-likeness (QED) is 0.101. The Labute approximate surface area is 294 Å². The summed E-state index contributed by atoms with van der Waals surface area (Å²) in [5, 5.41) is 11.7. The number of nitrogens with one attached hydrogen (secondary N) is 2. The second kappa shape index (κ2) is 14.6. The SMILES string of the molecule is Cl.Fc1cc(F)cc(C23CC2c2c[nH]c(=S)n2C3)c1.N#CS.O=CC1NCC2(c3cc(F)cc(F)c3)CC12.[2H]CF.[K+]. The zero-order valence-corrected chi connectivity index (χ0v) is 27.5. The number of H-pyrrole nitrogens is 1. The van der Waals surface area contributed by atoms with E-state index < -0.39 is 30.4 Å². The third-order valence-electron chi connectivity index (χ3n) is 8.01. The third kappa shape index (κ3) is 7.02. The summed E-state index contributed by atoms with van der Waals surface area (Å²) in [6.07, 6.45) is 4.58. The molecule has 5 atom stereocenters. The number of hydrogen-bond donors (Lipinski definition) is 3. The van der Waals surface area contributed by atoms with E-state index in [-0.39, 0.29) is 86.6 Å². The largest absolute Gasteiger partial charge is 1.00 e. The number of carbonyl (C=O) groups is 1. The van der Waals surface area contributed by atoms with E-state index in [0.29, 0.717) is 22.8 Å². The monoisotopic (exact) mass is 656 g/mol. The van der Waals surface area contributed by atoms with Gasteiger partial charge in [0.2, 0.25) is 0 Å². The van der Waals surface area contributed by atoms with Crippen molar-refractivity contribution in [2.24, 2.45) is 5.92 Å². The molecule has 3 aromatic rings. The fraction of sp³-hybridized carbons (Fsp3) is 0.370. The van der Waals surface area contributed by atoms with Crippen molar-refractivity contribution in [2.75, 3.05) is 13.7 Å². The normalized spacial score (nSPS) is 27.0. The number of aldehydes is 1. The first-order valence-electron chi connectivity index (χ1n) is 12.6. The Morgan fingerprint density at radius 2 is 1.56 bits per heavy atom. The van der Waals surface area contributed by atoms with E-state index in [1.54, 1.807) is 0 Å². The summed E-state index contributed by atoms with van der Waals surface area (Å²) in [6.45, 7) is 1.35. The summed E-state index contributed by atoms with van der Waals surface area (Å²) in [4.78, 5) is 13.8. The molecule has 41 heavy (non-hydrogen) atoms. The van der Waals surface area contributed by atoms with Crippen LogP contribution in [0.3, 0.4) is 0 Å². The molecule has 1 saturated heterocycles. The number of thiocyanates is 1. The number of rotatable bonds is 3. The Balaban J connectivity index is 0.000000239. The number of carbonyl (C=O) groups excluding carboxylic acids is 1. The van der Waals surface area contributed by atoms with Gasteiger partial charge in [0, 0.05) is 53.9 Å². The number of aromatic nitrogens is 2. The van der Waals surface area contributed by atoms with Crippen molar-refractivity contribution in [1.82, 2.24) is 14.9 Å². The van der Waals surface area contributed by atoms with Crippen molar-refractivity contribution in [2.45, 2.75) is 42.2 Å². The van der Waals surface area contributed by atoms with E-state index in [2.05, 4.69) is 22.9 Å². The number of imidazole rings is 1. The second-order valence-corrected chi connectivity index (χ2v) is 10.5. The minimum Gasteiger partial charge on any atom is -0.337 e. The van der Waals surface area contributed by atoms with Crippen LogP contribution in [-0.4, -0.2) is 35.6 Å². The van der Waals surface area contributed by atoms with Gasteiger partial charge in [-0.1, -0.05) is 12.6 Å². The number of fused-ring (bicyclic) bond motifs is 4. The molecule has 3 heterocycles. The first-order valence-corrected chi connectivity index (χ1v) is 12.7. The predicted octanol–water partition coefficient (Wildman–Crippen LogP) is 3.06. The topological polar surface area (TPSA) is 73.6 Å². The first-order chi connectivity index (χ1) is 19.1. The number of nitriles is 1. The van der Waals surface area contributed by atoms with Gasteiger partial charge in [0.25, 0.3) is 0 Å². The molecule has 0 spiro atoms. The minimum absolute atomic E-state index is 0. The third-order valence-corrected chi connectivity index (χ3v) is 8.35. The number of alkyl halides is 1. The molecular formula is C27H26ClF5KN4OS2+. The van der Waals surface area contributed by atoms with Gasteiger partial charge in [0.1, 0.15) is 35.0 Å². The van der Waals surface area contributed by atoms with E-state index in [4.69, 9.17) is 18.9 Å². The summed E-state index contributed by atoms with van der Waals surface area (Å²) >= 11 is 8.29. The van der Waals surface area contributed by atoms with Gasteiger partial charge < -0.3 is 19.7 Å². The maximum Gasteiger partial charge on any atom is 1.00 e. The molecule has 1 aromatic heterocycles. The molecule has 2 aliphatic heterocycles. The predicted molar refractivity (Wildman–Crippen MR) is 148 cm³/mol. The summed E-state index contributed by atoms with van der Waals surface area (Å²) in [7, 11) is -1.00. The van der Waals surface area contributed by atoms with Crippen LogP contribution in [-0.2, 0) is 22.2 Å². The molecule has 2 N–H and O–H groups in total. The van der Waals surface area contributed by atoms with Crippen LogP contribution >= 0.6 is 37.3 Å². The molecule has 5 unspecified atom stereocenters. The van der Waals surface area contributed by atoms with E-state index in [1.165, 1.54) is 29.7 Å². The molecule has 0 bridgehead atoms. The Hall–Kier alpha value is -1.08. The summed E-state index contributed by atoms with van der Waals surface area (Å²) in [5.41, 5.74) is 2.23. The molecule has 2 saturated carbocycles. The van der Waals surface area contributed by atoms with Crippen molar-refractivity contribution in [1.29, 1.82) is 5.26 Å². The van der Waals surface area contributed by atoms with Crippen LogP contribution in [0.25, 0.3) is 0 Å². The number of benzene rings is 2. The average molecular weight is 657 g/mol. The summed E-state index contributed by atoms with van der Waals surface area (Å²) in [5.74, 6) is -1.58. The zero-order chi connectivity index (χ0) is 29.2. The number of piperidine rings is 1. The van der Waals surface area contributed by atoms with Crippen LogP contribution in [0.15, 0.2) is 42.6 Å². The smallest absolute Gasteiger partial charge is 0.337 e. The maximum absolute atomic E-state index is 13.3. The fourth-order valence-corrected chi connectivity index (χ4v) is 6.36. The molecule has 214 valence electrons. The van der Waals surface area contributed by atoms with E-state index >= 15 is 0 Å². The molecule has 14 heteroatoms. The zero-order valence-electron chi connectivity index (χ0n) is 22.8. The maximum atomic E-state index is 13.3. The Morgan fingerprint density at radius 1 is 1.07 bits per heavy atom. The molecule has 0 amide bonds. The van der Waals surface area contributed by atoms with Crippen LogP contribution in [0.2, 0.25) is 0 Å². The first kappa shape index (κ1) is 34.4. The Morgan fingerprint density at radius 3 is 1.98 bits per heavy atom. The van der Waals surface area contributed by atoms with Crippen molar-refractivity contribution in [3.63, 3.8) is 0 Å². The van der Waals surface area contributed by atoms with E-state index in [9.17, 15) is 26.7 Å². The fourth-order valence-electron chi connectivity index (χ4n) is 6.13. The van der Waals surface area contributed by atoms with Gasteiger partial charge in [0.15, 0.2) is 4.77 Å².